The fourth-order valence-corrected chi connectivity index (χ4v) is 5.64. The summed E-state index contributed by atoms with van der Waals surface area (Å²) in [4.78, 5) is 23.9. The molecule has 0 unspecified atom stereocenters. The second-order valence-corrected chi connectivity index (χ2v) is 7.98. The predicted octanol–water partition coefficient (Wildman–Crippen LogP) is 4.65. The van der Waals surface area contributed by atoms with E-state index in [0.717, 1.165) is 38.5 Å². The largest absolute Gasteiger partial charge is 0.513 e. The van der Waals surface area contributed by atoms with Crippen LogP contribution in [0.2, 0.25) is 0 Å². The van der Waals surface area contributed by atoms with E-state index in [4.69, 9.17) is 9.47 Å². The van der Waals surface area contributed by atoms with Crippen molar-refractivity contribution < 1.29 is 19.1 Å². The van der Waals surface area contributed by atoms with Crippen LogP contribution in [0.15, 0.2) is 18.2 Å². The first-order valence-electron chi connectivity index (χ1n) is 9.53. The summed E-state index contributed by atoms with van der Waals surface area (Å²) >= 11 is 0. The molecule has 0 radical (unpaired) electrons. The van der Waals surface area contributed by atoms with E-state index >= 15 is 0 Å². The van der Waals surface area contributed by atoms with E-state index < -0.39 is 6.16 Å². The first-order valence-corrected chi connectivity index (χ1v) is 9.53. The topological polar surface area (TPSA) is 52.6 Å². The fourth-order valence-electron chi connectivity index (χ4n) is 5.64. The molecule has 0 saturated heterocycles. The Morgan fingerprint density at radius 3 is 2.88 bits per heavy atom. The Hall–Kier alpha value is -1.84. The highest BCUT2D eigenvalue weighted by Gasteiger charge is 2.54. The lowest BCUT2D eigenvalue weighted by atomic mass is 9.55. The molecule has 25 heavy (non-hydrogen) atoms. The zero-order chi connectivity index (χ0) is 17.6. The first-order chi connectivity index (χ1) is 12.0. The number of hydrogen-bond acceptors (Lipinski definition) is 4. The maximum absolute atomic E-state index is 12.4. The van der Waals surface area contributed by atoms with E-state index in [1.54, 1.807) is 6.92 Å². The third-order valence-corrected chi connectivity index (χ3v) is 6.87. The number of benzene rings is 1. The average molecular weight is 342 g/mol. The van der Waals surface area contributed by atoms with Crippen molar-refractivity contribution in [3.8, 4) is 5.75 Å². The molecule has 0 aliphatic heterocycles. The molecule has 3 aliphatic rings. The van der Waals surface area contributed by atoms with Crippen LogP contribution in [0.3, 0.4) is 0 Å². The number of carbonyl (C=O) groups is 2. The molecule has 1 aromatic carbocycles. The molecule has 134 valence electrons. The van der Waals surface area contributed by atoms with Gasteiger partial charge in [-0.25, -0.2) is 4.79 Å². The molecule has 3 aliphatic carbocycles. The minimum atomic E-state index is -0.644. The molecule has 0 bridgehead atoms. The van der Waals surface area contributed by atoms with Crippen molar-refractivity contribution in [2.45, 2.75) is 58.3 Å². The predicted molar refractivity (Wildman–Crippen MR) is 93.7 cm³/mol. The second kappa shape index (κ2) is 6.15. The third kappa shape index (κ3) is 2.66. The van der Waals surface area contributed by atoms with Gasteiger partial charge in [-0.15, -0.1) is 0 Å². The summed E-state index contributed by atoms with van der Waals surface area (Å²) in [6, 6.07) is 6.00. The van der Waals surface area contributed by atoms with E-state index in [2.05, 4.69) is 13.0 Å². The van der Waals surface area contributed by atoms with Crippen LogP contribution in [-0.2, 0) is 16.0 Å². The molecule has 1 aromatic rings. The molecule has 4 nitrogen and oxygen atoms in total. The lowest BCUT2D eigenvalue weighted by Crippen LogP contribution is -2.42. The number of ketones is 1. The van der Waals surface area contributed by atoms with Crippen molar-refractivity contribution >= 4 is 11.9 Å². The highest BCUT2D eigenvalue weighted by atomic mass is 16.7. The number of ether oxygens (including phenoxy) is 2. The highest BCUT2D eigenvalue weighted by Crippen LogP contribution is 2.59. The number of Topliss-reactive ketones (excluding diaryl/α,β-unsaturated/α-hetero) is 1. The summed E-state index contributed by atoms with van der Waals surface area (Å²) in [5, 5.41) is 0. The second-order valence-electron chi connectivity index (χ2n) is 7.98. The van der Waals surface area contributed by atoms with Crippen molar-refractivity contribution in [3.05, 3.63) is 29.3 Å². The summed E-state index contributed by atoms with van der Waals surface area (Å²) in [6.07, 6.45) is 5.42. The molecule has 4 atom stereocenters. The molecule has 0 aromatic heterocycles. The van der Waals surface area contributed by atoms with Crippen LogP contribution >= 0.6 is 0 Å². The summed E-state index contributed by atoms with van der Waals surface area (Å²) in [7, 11) is 0. The van der Waals surface area contributed by atoms with Crippen molar-refractivity contribution in [3.63, 3.8) is 0 Å². The normalized spacial score (nSPS) is 33.2. The maximum Gasteiger partial charge on any atom is 0.513 e. The van der Waals surface area contributed by atoms with Crippen LogP contribution < -0.4 is 4.74 Å². The van der Waals surface area contributed by atoms with Gasteiger partial charge in [0, 0.05) is 11.8 Å². The van der Waals surface area contributed by atoms with Crippen LogP contribution in [-0.4, -0.2) is 18.5 Å². The third-order valence-electron chi connectivity index (χ3n) is 6.87. The Balaban J connectivity index is 1.57. The van der Waals surface area contributed by atoms with Crippen molar-refractivity contribution in [1.29, 1.82) is 0 Å². The molecular weight excluding hydrogens is 316 g/mol. The Morgan fingerprint density at radius 1 is 1.24 bits per heavy atom. The standard InChI is InChI=1S/C21H26O4/c1-3-24-20(23)25-14-5-7-15-13(12-14)4-6-17-16(15)10-11-21(2)18(17)8-9-19(21)22/h5,7,12,16-18H,3-4,6,8-11H2,1-2H3/t16-,17-,18+,21-/m0/s1. The quantitative estimate of drug-likeness (QED) is 0.580. The highest BCUT2D eigenvalue weighted by molar-refractivity contribution is 5.87. The lowest BCUT2D eigenvalue weighted by molar-refractivity contribution is -0.129. The van der Waals surface area contributed by atoms with Crippen LogP contribution in [0.1, 0.15) is 63.0 Å². The monoisotopic (exact) mass is 342 g/mol. The Kier molecular flexibility index (Phi) is 4.09. The average Bonchev–Trinajstić information content (AvgIpc) is 2.90. The number of aryl methyl sites for hydroxylation is 1. The molecule has 0 amide bonds. The molecule has 4 rings (SSSR count). The molecule has 0 heterocycles. The molecule has 0 N–H and O–H groups in total. The molecule has 4 heteroatoms. The minimum absolute atomic E-state index is 0.0777. The summed E-state index contributed by atoms with van der Waals surface area (Å²) < 4.78 is 10.1. The van der Waals surface area contributed by atoms with Gasteiger partial charge in [0.2, 0.25) is 0 Å². The minimum Gasteiger partial charge on any atom is -0.434 e. The SMILES string of the molecule is CCOC(=O)Oc1ccc2c(c1)CC[C@@H]1[C@H]3CCC(=O)[C@@]3(C)CC[C@@H]21. The van der Waals surface area contributed by atoms with Gasteiger partial charge in [-0.2, -0.15) is 0 Å². The van der Waals surface area contributed by atoms with Gasteiger partial charge >= 0.3 is 6.16 Å². The lowest BCUT2D eigenvalue weighted by Gasteiger charge is -2.48. The smallest absolute Gasteiger partial charge is 0.434 e. The van der Waals surface area contributed by atoms with Gasteiger partial charge in [0.05, 0.1) is 6.61 Å². The maximum atomic E-state index is 12.4. The van der Waals surface area contributed by atoms with Crippen LogP contribution in [0, 0.1) is 17.3 Å². The molecule has 2 saturated carbocycles. The van der Waals surface area contributed by atoms with E-state index in [9.17, 15) is 9.59 Å². The van der Waals surface area contributed by atoms with Crippen LogP contribution in [0.5, 0.6) is 5.75 Å². The fraction of sp³-hybridized carbons (Fsp3) is 0.619. The van der Waals surface area contributed by atoms with Gasteiger partial charge in [-0.05, 0) is 80.0 Å². The van der Waals surface area contributed by atoms with Gasteiger partial charge in [0.15, 0.2) is 0 Å². The Bertz CT molecular complexity index is 710. The zero-order valence-corrected chi connectivity index (χ0v) is 15.0. The van der Waals surface area contributed by atoms with Crippen molar-refractivity contribution in [2.24, 2.45) is 17.3 Å². The van der Waals surface area contributed by atoms with Gasteiger partial charge < -0.3 is 9.47 Å². The summed E-state index contributed by atoms with van der Waals surface area (Å²) in [5.74, 6) is 2.76. The van der Waals surface area contributed by atoms with E-state index in [1.165, 1.54) is 11.1 Å². The number of fused-ring (bicyclic) bond motifs is 5. The first kappa shape index (κ1) is 16.6. The van der Waals surface area contributed by atoms with E-state index in [0.29, 0.717) is 35.9 Å². The number of rotatable bonds is 2. The van der Waals surface area contributed by atoms with Gasteiger partial charge in [-0.3, -0.25) is 4.79 Å². The number of hydrogen-bond donors (Lipinski definition) is 0. The Morgan fingerprint density at radius 2 is 2.08 bits per heavy atom. The van der Waals surface area contributed by atoms with E-state index in [-0.39, 0.29) is 5.41 Å². The molecule has 0 spiro atoms. The Labute approximate surface area is 148 Å². The van der Waals surface area contributed by atoms with Gasteiger partial charge in [-0.1, -0.05) is 13.0 Å². The van der Waals surface area contributed by atoms with Gasteiger partial charge in [0.1, 0.15) is 11.5 Å². The number of carbonyl (C=O) groups excluding carboxylic acids is 2. The summed E-state index contributed by atoms with van der Waals surface area (Å²) in [5.41, 5.74) is 2.61. The molecular formula is C21H26O4. The van der Waals surface area contributed by atoms with Crippen LogP contribution in [0.4, 0.5) is 4.79 Å². The van der Waals surface area contributed by atoms with Crippen molar-refractivity contribution in [1.82, 2.24) is 0 Å². The zero-order valence-electron chi connectivity index (χ0n) is 15.0. The van der Waals surface area contributed by atoms with Gasteiger partial charge in [0.25, 0.3) is 0 Å². The molecule has 2 fully saturated rings. The van der Waals surface area contributed by atoms with Crippen LogP contribution in [0.25, 0.3) is 0 Å². The summed E-state index contributed by atoms with van der Waals surface area (Å²) in [6.45, 7) is 4.28. The van der Waals surface area contributed by atoms with Crippen molar-refractivity contribution in [2.75, 3.05) is 6.61 Å². The van der Waals surface area contributed by atoms with E-state index in [1.807, 2.05) is 12.1 Å².